The van der Waals surface area contributed by atoms with Gasteiger partial charge in [0.2, 0.25) is 0 Å². The van der Waals surface area contributed by atoms with Crippen molar-refractivity contribution < 1.29 is 0 Å². The summed E-state index contributed by atoms with van der Waals surface area (Å²) >= 11 is 1.75. The summed E-state index contributed by atoms with van der Waals surface area (Å²) < 4.78 is 0. The second-order valence-corrected chi connectivity index (χ2v) is 4.82. The normalized spacial score (nSPS) is 10.9. The van der Waals surface area contributed by atoms with Crippen molar-refractivity contribution in [3.05, 3.63) is 11.9 Å². The van der Waals surface area contributed by atoms with Crippen LogP contribution in [-0.2, 0) is 0 Å². The summed E-state index contributed by atoms with van der Waals surface area (Å²) in [6, 6.07) is 1.83. The summed E-state index contributed by atoms with van der Waals surface area (Å²) in [5, 5.41) is 0.982. The zero-order valence-corrected chi connectivity index (χ0v) is 9.77. The Labute approximate surface area is 89.5 Å². The van der Waals surface area contributed by atoms with Crippen molar-refractivity contribution in [2.45, 2.75) is 32.2 Å². The summed E-state index contributed by atoms with van der Waals surface area (Å²) in [6.45, 7) is 6.31. The molecule has 0 radical (unpaired) electrons. The van der Waals surface area contributed by atoms with E-state index in [1.54, 1.807) is 11.8 Å². The second-order valence-electron chi connectivity index (χ2n) is 3.71. The third-order valence-corrected chi connectivity index (χ3v) is 2.72. The van der Waals surface area contributed by atoms with E-state index in [0.29, 0.717) is 5.82 Å². The van der Waals surface area contributed by atoms with Gasteiger partial charge in [-0.15, -0.1) is 11.8 Å². The predicted octanol–water partition coefficient (Wildman–Crippen LogP) is 2.51. The van der Waals surface area contributed by atoms with Gasteiger partial charge in [0, 0.05) is 6.07 Å². The Bertz CT molecular complexity index is 279. The number of hydrogen-bond acceptors (Lipinski definition) is 4. The Hall–Kier alpha value is -0.770. The first-order chi connectivity index (χ1) is 6.58. The number of anilines is 1. The van der Waals surface area contributed by atoms with Crippen molar-refractivity contribution in [1.82, 2.24) is 9.97 Å². The lowest BCUT2D eigenvalue weighted by Gasteiger charge is -2.04. The highest BCUT2D eigenvalue weighted by Crippen LogP contribution is 2.19. The molecule has 0 spiro atoms. The number of thioether (sulfide) groups is 1. The first-order valence-corrected chi connectivity index (χ1v) is 5.80. The van der Waals surface area contributed by atoms with Crippen LogP contribution in [0.25, 0.3) is 0 Å². The van der Waals surface area contributed by atoms with Crippen molar-refractivity contribution in [3.63, 3.8) is 0 Å². The minimum absolute atomic E-state index is 0.560. The molecule has 4 heteroatoms. The first kappa shape index (κ1) is 11.3. The van der Waals surface area contributed by atoms with Gasteiger partial charge in [0.15, 0.2) is 0 Å². The van der Waals surface area contributed by atoms with Crippen molar-refractivity contribution in [3.8, 4) is 0 Å². The standard InChI is InChI=1S/C10H17N3S/c1-7(2)4-5-14-10-6-9(11)12-8(3)13-10/h6-7H,4-5H2,1-3H3,(H2,11,12,13). The lowest BCUT2D eigenvalue weighted by atomic mass is 10.2. The largest absolute Gasteiger partial charge is 0.384 e. The lowest BCUT2D eigenvalue weighted by Crippen LogP contribution is -1.97. The molecule has 2 N–H and O–H groups in total. The van der Waals surface area contributed by atoms with Crippen LogP contribution in [0.4, 0.5) is 5.82 Å². The molecule has 1 rings (SSSR count). The van der Waals surface area contributed by atoms with E-state index in [9.17, 15) is 0 Å². The van der Waals surface area contributed by atoms with Crippen molar-refractivity contribution >= 4 is 17.6 Å². The molecule has 78 valence electrons. The van der Waals surface area contributed by atoms with E-state index < -0.39 is 0 Å². The molecule has 14 heavy (non-hydrogen) atoms. The summed E-state index contributed by atoms with van der Waals surface area (Å²) in [5.74, 6) is 3.14. The quantitative estimate of drug-likeness (QED) is 0.614. The number of nitrogen functional groups attached to an aromatic ring is 1. The third kappa shape index (κ3) is 3.96. The molecule has 1 heterocycles. The van der Waals surface area contributed by atoms with Gasteiger partial charge in [-0.25, -0.2) is 9.97 Å². The van der Waals surface area contributed by atoms with Crippen LogP contribution in [0.5, 0.6) is 0 Å². The average Bonchev–Trinajstić information content (AvgIpc) is 2.01. The maximum absolute atomic E-state index is 5.63. The van der Waals surface area contributed by atoms with Gasteiger partial charge in [-0.1, -0.05) is 13.8 Å². The van der Waals surface area contributed by atoms with Crippen LogP contribution in [0, 0.1) is 12.8 Å². The molecule has 0 aliphatic carbocycles. The van der Waals surface area contributed by atoms with Crippen LogP contribution in [0.2, 0.25) is 0 Å². The molecule has 0 unspecified atom stereocenters. The number of nitrogens with zero attached hydrogens (tertiary/aromatic N) is 2. The van der Waals surface area contributed by atoms with Crippen LogP contribution in [0.1, 0.15) is 26.1 Å². The highest BCUT2D eigenvalue weighted by Gasteiger charge is 2.01. The van der Waals surface area contributed by atoms with Crippen molar-refractivity contribution in [2.24, 2.45) is 5.92 Å². The minimum atomic E-state index is 0.560. The topological polar surface area (TPSA) is 51.8 Å². The number of aryl methyl sites for hydroxylation is 1. The predicted molar refractivity (Wildman–Crippen MR) is 61.4 cm³/mol. The minimum Gasteiger partial charge on any atom is -0.384 e. The molecule has 0 aliphatic rings. The Balaban J connectivity index is 2.50. The smallest absolute Gasteiger partial charge is 0.128 e. The highest BCUT2D eigenvalue weighted by atomic mass is 32.2. The molecule has 0 aliphatic heterocycles. The summed E-state index contributed by atoms with van der Waals surface area (Å²) in [6.07, 6.45) is 1.20. The van der Waals surface area contributed by atoms with Crippen molar-refractivity contribution in [2.75, 3.05) is 11.5 Å². The molecule has 0 fully saturated rings. The number of rotatable bonds is 4. The van der Waals surface area contributed by atoms with E-state index in [2.05, 4.69) is 23.8 Å². The Morgan fingerprint density at radius 3 is 2.71 bits per heavy atom. The zero-order chi connectivity index (χ0) is 10.6. The fourth-order valence-electron chi connectivity index (χ4n) is 1.04. The zero-order valence-electron chi connectivity index (χ0n) is 8.95. The average molecular weight is 211 g/mol. The first-order valence-electron chi connectivity index (χ1n) is 4.82. The van der Waals surface area contributed by atoms with Gasteiger partial charge in [0.25, 0.3) is 0 Å². The van der Waals surface area contributed by atoms with Crippen LogP contribution in [-0.4, -0.2) is 15.7 Å². The molecule has 0 aromatic carbocycles. The Kier molecular flexibility index (Phi) is 4.20. The lowest BCUT2D eigenvalue weighted by molar-refractivity contribution is 0.632. The van der Waals surface area contributed by atoms with E-state index in [1.165, 1.54) is 6.42 Å². The molecule has 0 amide bonds. The van der Waals surface area contributed by atoms with Gasteiger partial charge in [-0.05, 0) is 25.0 Å². The molecule has 0 bridgehead atoms. The molecular formula is C10H17N3S. The summed E-state index contributed by atoms with van der Waals surface area (Å²) in [7, 11) is 0. The van der Waals surface area contributed by atoms with Crippen LogP contribution in [0.3, 0.4) is 0 Å². The summed E-state index contributed by atoms with van der Waals surface area (Å²) in [4.78, 5) is 8.33. The summed E-state index contributed by atoms with van der Waals surface area (Å²) in [5.41, 5.74) is 5.63. The monoisotopic (exact) mass is 211 g/mol. The fraction of sp³-hybridized carbons (Fsp3) is 0.600. The van der Waals surface area contributed by atoms with E-state index >= 15 is 0 Å². The second kappa shape index (κ2) is 5.20. The van der Waals surface area contributed by atoms with Crippen LogP contribution >= 0.6 is 11.8 Å². The number of hydrogen-bond donors (Lipinski definition) is 1. The van der Waals surface area contributed by atoms with Gasteiger partial charge >= 0.3 is 0 Å². The van der Waals surface area contributed by atoms with Crippen LogP contribution < -0.4 is 5.73 Å². The SMILES string of the molecule is Cc1nc(N)cc(SCCC(C)C)n1. The third-order valence-electron chi connectivity index (χ3n) is 1.78. The molecule has 1 aromatic heterocycles. The van der Waals surface area contributed by atoms with Gasteiger partial charge in [-0.2, -0.15) is 0 Å². The van der Waals surface area contributed by atoms with E-state index in [1.807, 2.05) is 13.0 Å². The Morgan fingerprint density at radius 1 is 1.43 bits per heavy atom. The molecule has 3 nitrogen and oxygen atoms in total. The van der Waals surface area contributed by atoms with Gasteiger partial charge in [0.1, 0.15) is 16.7 Å². The molecule has 1 aromatic rings. The molecular weight excluding hydrogens is 194 g/mol. The van der Waals surface area contributed by atoms with Crippen LogP contribution in [0.15, 0.2) is 11.1 Å². The number of nitrogens with two attached hydrogens (primary N) is 1. The van der Waals surface area contributed by atoms with E-state index in [-0.39, 0.29) is 0 Å². The molecule has 0 atom stereocenters. The molecule has 0 saturated heterocycles. The molecule has 0 saturated carbocycles. The van der Waals surface area contributed by atoms with E-state index in [0.717, 1.165) is 22.5 Å². The fourth-order valence-corrected chi connectivity index (χ4v) is 2.23. The maximum atomic E-state index is 5.63. The highest BCUT2D eigenvalue weighted by molar-refractivity contribution is 7.99. The van der Waals surface area contributed by atoms with E-state index in [4.69, 9.17) is 5.73 Å². The maximum Gasteiger partial charge on any atom is 0.128 e. The van der Waals surface area contributed by atoms with Crippen molar-refractivity contribution in [1.29, 1.82) is 0 Å². The Morgan fingerprint density at radius 2 is 2.14 bits per heavy atom. The van der Waals surface area contributed by atoms with Gasteiger partial charge in [-0.3, -0.25) is 0 Å². The van der Waals surface area contributed by atoms with Gasteiger partial charge in [0.05, 0.1) is 0 Å². The van der Waals surface area contributed by atoms with Gasteiger partial charge < -0.3 is 5.73 Å². The number of aromatic nitrogens is 2.